The fourth-order valence-electron chi connectivity index (χ4n) is 2.53. The van der Waals surface area contributed by atoms with Gasteiger partial charge in [-0.05, 0) is 48.2 Å². The molecule has 6 heteroatoms. The second-order valence-electron chi connectivity index (χ2n) is 5.85. The molecule has 0 bridgehead atoms. The summed E-state index contributed by atoms with van der Waals surface area (Å²) in [4.78, 5) is 9.18. The zero-order valence-corrected chi connectivity index (χ0v) is 17.8. The molecule has 2 rings (SSSR count). The minimum Gasteiger partial charge on any atom is -0.306 e. The molecule has 0 atom stereocenters. The fraction of sp³-hybridized carbons (Fsp3) is 0.286. The first-order valence-corrected chi connectivity index (χ1v) is 9.43. The molecule has 0 amide bonds. The SMILES string of the molecule is CCC(=NCC(=N)CN=C(CC)c1ccc(Cl)cc1)c1ccc(Cl)cc1.Cl. The molecule has 0 spiro atoms. The average molecular weight is 425 g/mol. The van der Waals surface area contributed by atoms with Crippen LogP contribution < -0.4 is 0 Å². The fourth-order valence-corrected chi connectivity index (χ4v) is 2.78. The second-order valence-corrected chi connectivity index (χ2v) is 6.72. The van der Waals surface area contributed by atoms with Crippen molar-refractivity contribution in [1.29, 1.82) is 5.41 Å². The molecule has 0 unspecified atom stereocenters. The summed E-state index contributed by atoms with van der Waals surface area (Å²) in [7, 11) is 0. The predicted molar refractivity (Wildman–Crippen MR) is 121 cm³/mol. The maximum atomic E-state index is 8.16. The van der Waals surface area contributed by atoms with Crippen LogP contribution in [-0.2, 0) is 0 Å². The number of nitrogens with one attached hydrogen (secondary N) is 1. The molecule has 1 N–H and O–H groups in total. The van der Waals surface area contributed by atoms with E-state index in [-0.39, 0.29) is 12.4 Å². The minimum atomic E-state index is 0. The van der Waals surface area contributed by atoms with E-state index in [1.807, 2.05) is 48.5 Å². The summed E-state index contributed by atoms with van der Waals surface area (Å²) in [5, 5.41) is 9.58. The molecule has 2 aromatic rings. The van der Waals surface area contributed by atoms with E-state index in [1.165, 1.54) is 0 Å². The molecule has 0 aromatic heterocycles. The Balaban J connectivity index is 0.00000364. The van der Waals surface area contributed by atoms with Crippen LogP contribution in [0, 0.1) is 5.41 Å². The van der Waals surface area contributed by atoms with Crippen LogP contribution in [0.1, 0.15) is 37.8 Å². The van der Waals surface area contributed by atoms with Crippen molar-refractivity contribution in [3.63, 3.8) is 0 Å². The van der Waals surface area contributed by atoms with Gasteiger partial charge < -0.3 is 5.41 Å². The Morgan fingerprint density at radius 3 is 1.37 bits per heavy atom. The van der Waals surface area contributed by atoms with Gasteiger partial charge >= 0.3 is 0 Å². The summed E-state index contributed by atoms with van der Waals surface area (Å²) in [5.41, 5.74) is 4.53. The van der Waals surface area contributed by atoms with Gasteiger partial charge in [-0.3, -0.25) is 9.98 Å². The molecule has 2 aromatic carbocycles. The third-order valence-corrected chi connectivity index (χ3v) is 4.45. The number of rotatable bonds is 8. The quantitative estimate of drug-likeness (QED) is 0.468. The molecule has 0 saturated heterocycles. The van der Waals surface area contributed by atoms with Crippen molar-refractivity contribution in [1.82, 2.24) is 0 Å². The van der Waals surface area contributed by atoms with Crippen molar-refractivity contribution in [2.45, 2.75) is 26.7 Å². The Morgan fingerprint density at radius 2 is 1.07 bits per heavy atom. The lowest BCUT2D eigenvalue weighted by Crippen LogP contribution is -2.11. The highest BCUT2D eigenvalue weighted by Crippen LogP contribution is 2.13. The van der Waals surface area contributed by atoms with Gasteiger partial charge in [0.1, 0.15) is 0 Å². The third kappa shape index (κ3) is 7.45. The molecule has 0 saturated carbocycles. The number of hydrogen-bond donors (Lipinski definition) is 1. The van der Waals surface area contributed by atoms with Gasteiger partial charge in [0.05, 0.1) is 18.8 Å². The summed E-state index contributed by atoms with van der Waals surface area (Å²) in [6.07, 6.45) is 1.62. The number of halogens is 3. The Labute approximate surface area is 177 Å². The molecule has 3 nitrogen and oxygen atoms in total. The van der Waals surface area contributed by atoms with Crippen LogP contribution in [-0.4, -0.2) is 30.2 Å². The van der Waals surface area contributed by atoms with Gasteiger partial charge in [0.2, 0.25) is 0 Å². The van der Waals surface area contributed by atoms with Crippen LogP contribution in [0.2, 0.25) is 10.0 Å². The van der Waals surface area contributed by atoms with Crippen molar-refractivity contribution in [2.24, 2.45) is 9.98 Å². The summed E-state index contributed by atoms with van der Waals surface area (Å²) in [6.45, 7) is 4.83. The van der Waals surface area contributed by atoms with E-state index < -0.39 is 0 Å². The van der Waals surface area contributed by atoms with Gasteiger partial charge in [-0.2, -0.15) is 0 Å². The molecule has 144 valence electrons. The predicted octanol–water partition coefficient (Wildman–Crippen LogP) is 6.53. The largest absolute Gasteiger partial charge is 0.306 e. The standard InChI is InChI=1S/C21H23Cl2N3.ClH/c1-3-20(15-5-9-17(22)10-6-15)25-13-19(24)14-26-21(4-2)16-7-11-18(23)12-8-16;/h5-12,24H,3-4,13-14H2,1-2H3;1H. The molecule has 0 aliphatic carbocycles. The van der Waals surface area contributed by atoms with Crippen LogP contribution in [0.4, 0.5) is 0 Å². The monoisotopic (exact) mass is 423 g/mol. The molecule has 0 aliphatic rings. The first-order valence-electron chi connectivity index (χ1n) is 8.68. The van der Waals surface area contributed by atoms with Crippen LogP contribution in [0.25, 0.3) is 0 Å². The van der Waals surface area contributed by atoms with E-state index in [4.69, 9.17) is 28.6 Å². The summed E-state index contributed by atoms with van der Waals surface area (Å²) >= 11 is 11.9. The molecule has 0 aliphatic heterocycles. The van der Waals surface area contributed by atoms with E-state index in [0.29, 0.717) is 28.8 Å². The lowest BCUT2D eigenvalue weighted by atomic mass is 10.1. The number of benzene rings is 2. The van der Waals surface area contributed by atoms with Crippen molar-refractivity contribution in [3.05, 3.63) is 69.7 Å². The van der Waals surface area contributed by atoms with Crippen molar-refractivity contribution in [3.8, 4) is 0 Å². The van der Waals surface area contributed by atoms with Gasteiger partial charge in [-0.15, -0.1) is 12.4 Å². The average Bonchev–Trinajstić information content (AvgIpc) is 2.65. The van der Waals surface area contributed by atoms with Crippen LogP contribution in [0.5, 0.6) is 0 Å². The van der Waals surface area contributed by atoms with Crippen molar-refractivity contribution < 1.29 is 0 Å². The molecule has 0 heterocycles. The Hall–Kier alpha value is -1.68. The van der Waals surface area contributed by atoms with E-state index >= 15 is 0 Å². The molecule has 0 radical (unpaired) electrons. The van der Waals surface area contributed by atoms with E-state index in [9.17, 15) is 0 Å². The van der Waals surface area contributed by atoms with E-state index in [2.05, 4.69) is 23.8 Å². The van der Waals surface area contributed by atoms with Crippen LogP contribution in [0.3, 0.4) is 0 Å². The van der Waals surface area contributed by atoms with Crippen LogP contribution in [0.15, 0.2) is 58.5 Å². The van der Waals surface area contributed by atoms with Crippen molar-refractivity contribution >= 4 is 52.7 Å². The number of nitrogens with zero attached hydrogens (tertiary/aromatic N) is 2. The van der Waals surface area contributed by atoms with Gasteiger partial charge in [-0.25, -0.2) is 0 Å². The summed E-state index contributed by atoms with van der Waals surface area (Å²) < 4.78 is 0. The number of aliphatic imine (C=N–C) groups is 2. The first-order chi connectivity index (χ1) is 12.5. The zero-order chi connectivity index (χ0) is 18.9. The minimum absolute atomic E-state index is 0. The smallest absolute Gasteiger partial charge is 0.0787 e. The van der Waals surface area contributed by atoms with Crippen LogP contribution >= 0.6 is 35.6 Å². The normalized spacial score (nSPS) is 11.9. The Bertz CT molecular complexity index is 727. The summed E-state index contributed by atoms with van der Waals surface area (Å²) in [6, 6.07) is 15.3. The van der Waals surface area contributed by atoms with E-state index in [1.54, 1.807) is 0 Å². The maximum absolute atomic E-state index is 8.16. The van der Waals surface area contributed by atoms with Gasteiger partial charge in [0, 0.05) is 21.5 Å². The zero-order valence-electron chi connectivity index (χ0n) is 15.5. The lowest BCUT2D eigenvalue weighted by molar-refractivity contribution is 1.12. The highest BCUT2D eigenvalue weighted by Gasteiger charge is 2.04. The third-order valence-electron chi connectivity index (χ3n) is 3.95. The first kappa shape index (κ1) is 23.4. The highest BCUT2D eigenvalue weighted by molar-refractivity contribution is 6.31. The second kappa shape index (κ2) is 11.9. The molecular formula is C21H24Cl3N3. The van der Waals surface area contributed by atoms with Crippen molar-refractivity contribution in [2.75, 3.05) is 13.1 Å². The Kier molecular flexibility index (Phi) is 10.3. The highest BCUT2D eigenvalue weighted by atomic mass is 35.5. The lowest BCUT2D eigenvalue weighted by Gasteiger charge is -2.07. The van der Waals surface area contributed by atoms with Gasteiger partial charge in [-0.1, -0.05) is 61.3 Å². The molecular weight excluding hydrogens is 401 g/mol. The summed E-state index contributed by atoms with van der Waals surface area (Å²) in [5.74, 6) is 0. The topological polar surface area (TPSA) is 48.6 Å². The maximum Gasteiger partial charge on any atom is 0.0787 e. The van der Waals surface area contributed by atoms with Gasteiger partial charge in [0.25, 0.3) is 0 Å². The molecule has 0 fully saturated rings. The number of hydrogen-bond acceptors (Lipinski definition) is 3. The molecule has 27 heavy (non-hydrogen) atoms. The van der Waals surface area contributed by atoms with E-state index in [0.717, 1.165) is 35.4 Å². The Morgan fingerprint density at radius 1 is 0.741 bits per heavy atom. The van der Waals surface area contributed by atoms with Gasteiger partial charge in [0.15, 0.2) is 0 Å².